The SMILES string of the molecule is Nc1nc(O)c2nc(CCNc3ccc(C(=O)[O-])cc3)cnc2n1.[Na+]. The zero-order chi connectivity index (χ0) is 17.1. The van der Waals surface area contributed by atoms with Crippen LogP contribution in [0.2, 0.25) is 0 Å². The maximum Gasteiger partial charge on any atom is 1.00 e. The molecule has 3 rings (SSSR count). The molecule has 10 heteroatoms. The van der Waals surface area contributed by atoms with Gasteiger partial charge in [0.05, 0.1) is 17.9 Å². The number of nitrogens with one attached hydrogen (secondary N) is 1. The molecule has 9 nitrogen and oxygen atoms in total. The number of nitrogen functional groups attached to an aromatic ring is 1. The smallest absolute Gasteiger partial charge is 0.545 e. The molecule has 0 amide bonds. The minimum atomic E-state index is -1.21. The summed E-state index contributed by atoms with van der Waals surface area (Å²) in [7, 11) is 0. The van der Waals surface area contributed by atoms with E-state index in [0.717, 1.165) is 5.69 Å². The van der Waals surface area contributed by atoms with Crippen LogP contribution in [0.4, 0.5) is 11.6 Å². The Bertz CT molecular complexity index is 904. The Morgan fingerprint density at radius 3 is 2.60 bits per heavy atom. The van der Waals surface area contributed by atoms with Gasteiger partial charge in [-0.25, -0.2) is 9.97 Å². The first-order chi connectivity index (χ1) is 11.5. The molecule has 0 aliphatic rings. The number of aromatic hydroxyl groups is 1. The number of aromatic nitrogens is 4. The van der Waals surface area contributed by atoms with Gasteiger partial charge < -0.3 is 26.1 Å². The fourth-order valence-electron chi connectivity index (χ4n) is 2.13. The number of nitrogens with two attached hydrogens (primary N) is 1. The predicted molar refractivity (Wildman–Crippen MR) is 84.2 cm³/mol. The Morgan fingerprint density at radius 2 is 1.92 bits per heavy atom. The Morgan fingerprint density at radius 1 is 1.20 bits per heavy atom. The van der Waals surface area contributed by atoms with E-state index in [-0.39, 0.29) is 58.1 Å². The van der Waals surface area contributed by atoms with Crippen LogP contribution in [0.1, 0.15) is 16.1 Å². The summed E-state index contributed by atoms with van der Waals surface area (Å²) < 4.78 is 0. The summed E-state index contributed by atoms with van der Waals surface area (Å²) in [5.74, 6) is -1.59. The van der Waals surface area contributed by atoms with Gasteiger partial charge in [-0.05, 0) is 17.7 Å². The van der Waals surface area contributed by atoms with Gasteiger partial charge in [-0.15, -0.1) is 0 Å². The van der Waals surface area contributed by atoms with E-state index >= 15 is 0 Å². The maximum atomic E-state index is 10.7. The van der Waals surface area contributed by atoms with Crippen LogP contribution in [0.5, 0.6) is 5.88 Å². The molecule has 0 saturated heterocycles. The molecule has 0 aliphatic carbocycles. The first-order valence-corrected chi connectivity index (χ1v) is 7.06. The van der Waals surface area contributed by atoms with Crippen LogP contribution in [0.15, 0.2) is 30.5 Å². The van der Waals surface area contributed by atoms with Crippen LogP contribution in [-0.2, 0) is 6.42 Å². The fourth-order valence-corrected chi connectivity index (χ4v) is 2.13. The summed E-state index contributed by atoms with van der Waals surface area (Å²) in [4.78, 5) is 26.6. The summed E-state index contributed by atoms with van der Waals surface area (Å²) in [6, 6.07) is 6.24. The van der Waals surface area contributed by atoms with E-state index in [4.69, 9.17) is 5.73 Å². The summed E-state index contributed by atoms with van der Waals surface area (Å²) >= 11 is 0. The Balaban J connectivity index is 0.00000225. The van der Waals surface area contributed by atoms with Crippen molar-refractivity contribution in [3.05, 3.63) is 41.7 Å². The Hall–Kier alpha value is -2.49. The molecule has 2 aromatic heterocycles. The number of hydrogen-bond acceptors (Lipinski definition) is 9. The van der Waals surface area contributed by atoms with Gasteiger partial charge in [-0.3, -0.25) is 0 Å². The van der Waals surface area contributed by atoms with Crippen molar-refractivity contribution in [2.45, 2.75) is 6.42 Å². The third-order valence-electron chi connectivity index (χ3n) is 3.29. The van der Waals surface area contributed by atoms with Gasteiger partial charge in [-0.2, -0.15) is 9.97 Å². The first-order valence-electron chi connectivity index (χ1n) is 7.06. The number of aromatic carboxylic acids is 1. The molecule has 0 bridgehead atoms. The molecule has 4 N–H and O–H groups in total. The van der Waals surface area contributed by atoms with Crippen molar-refractivity contribution in [2.24, 2.45) is 0 Å². The number of carbonyl (C=O) groups excluding carboxylic acids is 1. The van der Waals surface area contributed by atoms with Gasteiger partial charge in [0.15, 0.2) is 11.2 Å². The molecule has 0 unspecified atom stereocenters. The van der Waals surface area contributed by atoms with Gasteiger partial charge >= 0.3 is 29.6 Å². The molecule has 0 fully saturated rings. The number of carboxylic acids is 1. The van der Waals surface area contributed by atoms with Gasteiger partial charge in [0, 0.05) is 18.7 Å². The number of benzene rings is 1. The van der Waals surface area contributed by atoms with E-state index in [9.17, 15) is 15.0 Å². The van der Waals surface area contributed by atoms with E-state index in [1.165, 1.54) is 12.1 Å². The van der Waals surface area contributed by atoms with E-state index in [2.05, 4.69) is 25.3 Å². The predicted octanol–water partition coefficient (Wildman–Crippen LogP) is -3.27. The van der Waals surface area contributed by atoms with Crippen molar-refractivity contribution >= 4 is 28.8 Å². The minimum absolute atomic E-state index is 0. The van der Waals surface area contributed by atoms with Crippen LogP contribution in [-0.4, -0.2) is 37.6 Å². The number of fused-ring (bicyclic) bond motifs is 1. The number of nitrogens with zero attached hydrogens (tertiary/aromatic N) is 4. The molecule has 0 aliphatic heterocycles. The van der Waals surface area contributed by atoms with E-state index < -0.39 is 5.97 Å². The monoisotopic (exact) mass is 348 g/mol. The molecule has 122 valence electrons. The Kier molecular flexibility index (Phi) is 6.07. The maximum absolute atomic E-state index is 10.7. The van der Waals surface area contributed by atoms with Crippen LogP contribution in [0.25, 0.3) is 11.2 Å². The van der Waals surface area contributed by atoms with E-state index in [0.29, 0.717) is 18.7 Å². The van der Waals surface area contributed by atoms with Crippen LogP contribution in [0.3, 0.4) is 0 Å². The molecular weight excluding hydrogens is 335 g/mol. The van der Waals surface area contributed by atoms with Crippen LogP contribution in [0, 0.1) is 0 Å². The standard InChI is InChI=1S/C15H14N6O3.Na/c16-15-20-12-11(13(22)21-15)19-10(7-18-12)5-6-17-9-3-1-8(2-4-9)14(23)24;/h1-4,7,17H,5-6H2,(H,23,24)(H3,16,18,20,21,22);/q;+1/p-1. The quantitative estimate of drug-likeness (QED) is 0.403. The zero-order valence-electron chi connectivity index (χ0n) is 13.4. The topological polar surface area (TPSA) is 150 Å². The largest absolute Gasteiger partial charge is 1.00 e. The van der Waals surface area contributed by atoms with E-state index in [1.54, 1.807) is 18.3 Å². The van der Waals surface area contributed by atoms with Gasteiger partial charge in [0.1, 0.15) is 0 Å². The van der Waals surface area contributed by atoms with E-state index in [1.807, 2.05) is 0 Å². The van der Waals surface area contributed by atoms with Crippen molar-refractivity contribution in [3.63, 3.8) is 0 Å². The first kappa shape index (κ1) is 18.8. The molecular formula is C15H13N6NaO3. The van der Waals surface area contributed by atoms with Crippen LogP contribution < -0.4 is 45.7 Å². The molecule has 1 aromatic carbocycles. The number of anilines is 2. The summed E-state index contributed by atoms with van der Waals surface area (Å²) in [6.07, 6.45) is 2.09. The second-order valence-corrected chi connectivity index (χ2v) is 4.98. The van der Waals surface area contributed by atoms with Crippen molar-refractivity contribution in [2.75, 3.05) is 17.6 Å². The van der Waals surface area contributed by atoms with Crippen molar-refractivity contribution in [1.29, 1.82) is 0 Å². The van der Waals surface area contributed by atoms with Gasteiger partial charge in [0.25, 0.3) is 0 Å². The van der Waals surface area contributed by atoms with Crippen molar-refractivity contribution < 1.29 is 44.6 Å². The third-order valence-corrected chi connectivity index (χ3v) is 3.29. The molecule has 0 saturated carbocycles. The average Bonchev–Trinajstić information content (AvgIpc) is 2.55. The minimum Gasteiger partial charge on any atom is -0.545 e. The molecule has 2 heterocycles. The summed E-state index contributed by atoms with van der Waals surface area (Å²) in [5.41, 5.74) is 7.40. The molecule has 25 heavy (non-hydrogen) atoms. The normalized spacial score (nSPS) is 10.2. The van der Waals surface area contributed by atoms with Crippen molar-refractivity contribution in [1.82, 2.24) is 19.9 Å². The second-order valence-electron chi connectivity index (χ2n) is 4.98. The number of carboxylic acid groups (broad SMARTS) is 1. The summed E-state index contributed by atoms with van der Waals surface area (Å²) in [6.45, 7) is 0.543. The number of hydrogen-bond donors (Lipinski definition) is 3. The molecule has 3 aromatic rings. The fraction of sp³-hybridized carbons (Fsp3) is 0.133. The molecule has 0 spiro atoms. The van der Waals surface area contributed by atoms with Crippen LogP contribution >= 0.6 is 0 Å². The number of rotatable bonds is 5. The van der Waals surface area contributed by atoms with Crippen molar-refractivity contribution in [3.8, 4) is 5.88 Å². The molecule has 0 radical (unpaired) electrons. The second kappa shape index (κ2) is 8.06. The average molecular weight is 348 g/mol. The van der Waals surface area contributed by atoms with Gasteiger partial charge in [-0.1, -0.05) is 12.1 Å². The van der Waals surface area contributed by atoms with Gasteiger partial charge in [0.2, 0.25) is 11.8 Å². The zero-order valence-corrected chi connectivity index (χ0v) is 15.4. The Labute approximate surface area is 164 Å². The number of carbonyl (C=O) groups is 1. The third kappa shape index (κ3) is 4.53. The molecule has 0 atom stereocenters. The summed E-state index contributed by atoms with van der Waals surface area (Å²) in [5, 5.41) is 23.6.